The molecule has 7 fully saturated rings. The van der Waals surface area contributed by atoms with Gasteiger partial charge < -0.3 is 20.9 Å². The fourth-order valence-electron chi connectivity index (χ4n) is 10.3. The lowest BCUT2D eigenvalue weighted by atomic mass is 9.49. The molecule has 45 heavy (non-hydrogen) atoms. The summed E-state index contributed by atoms with van der Waals surface area (Å²) in [6.07, 6.45) is 13.0. The number of carbonyl (C=O) groups is 5. The number of nitrogens with one attached hydrogen (secondary N) is 3. The highest BCUT2D eigenvalue weighted by Gasteiger charge is 2.54. The summed E-state index contributed by atoms with van der Waals surface area (Å²) in [5.74, 6) is 0.349. The van der Waals surface area contributed by atoms with Crippen LogP contribution in [-0.4, -0.2) is 65.0 Å². The van der Waals surface area contributed by atoms with Gasteiger partial charge in [0.25, 0.3) is 5.91 Å². The molecule has 6 aliphatic carbocycles. The molecule has 0 radical (unpaired) electrons. The van der Waals surface area contributed by atoms with Gasteiger partial charge in [-0.3, -0.25) is 24.0 Å². The average Bonchev–Trinajstić information content (AvgIpc) is 3.52. The Bertz CT molecular complexity index is 1170. The van der Waals surface area contributed by atoms with Gasteiger partial charge in [-0.1, -0.05) is 47.5 Å². The third kappa shape index (κ3) is 6.69. The van der Waals surface area contributed by atoms with Crippen molar-refractivity contribution in [3.63, 3.8) is 0 Å². The second-order valence-electron chi connectivity index (χ2n) is 17.2. The summed E-state index contributed by atoms with van der Waals surface area (Å²) < 4.78 is 0. The van der Waals surface area contributed by atoms with Gasteiger partial charge in [-0.05, 0) is 111 Å². The highest BCUT2D eigenvalue weighted by molar-refractivity contribution is 6.38. The Morgan fingerprint density at radius 1 is 0.889 bits per heavy atom. The van der Waals surface area contributed by atoms with Crippen LogP contribution in [-0.2, 0) is 24.0 Å². The van der Waals surface area contributed by atoms with Gasteiger partial charge in [0, 0.05) is 19.0 Å². The molecule has 6 atom stereocenters. The second kappa shape index (κ2) is 12.3. The monoisotopic (exact) mass is 624 g/mol. The van der Waals surface area contributed by atoms with Crippen LogP contribution in [0.1, 0.15) is 118 Å². The van der Waals surface area contributed by atoms with E-state index in [4.69, 9.17) is 0 Å². The van der Waals surface area contributed by atoms with Crippen molar-refractivity contribution < 1.29 is 24.0 Å². The van der Waals surface area contributed by atoms with Crippen LogP contribution in [0.4, 0.5) is 0 Å². The van der Waals surface area contributed by atoms with Gasteiger partial charge in [-0.25, -0.2) is 0 Å². The number of fused-ring (bicyclic) bond motifs is 1. The minimum Gasteiger partial charge on any atom is -0.347 e. The van der Waals surface area contributed by atoms with Crippen molar-refractivity contribution in [3.05, 3.63) is 0 Å². The lowest BCUT2D eigenvalue weighted by Gasteiger charge is -2.56. The summed E-state index contributed by atoms with van der Waals surface area (Å²) in [6, 6.07) is -2.38. The number of amides is 4. The van der Waals surface area contributed by atoms with Crippen molar-refractivity contribution in [3.8, 4) is 0 Å². The Morgan fingerprint density at radius 2 is 1.51 bits per heavy atom. The zero-order valence-corrected chi connectivity index (χ0v) is 28.2. The van der Waals surface area contributed by atoms with Gasteiger partial charge in [-0.15, -0.1) is 0 Å². The highest BCUT2D eigenvalue weighted by atomic mass is 16.2. The van der Waals surface area contributed by atoms with E-state index in [1.807, 2.05) is 34.6 Å². The summed E-state index contributed by atoms with van der Waals surface area (Å²) in [4.78, 5) is 70.1. The standard InChI is InChI=1S/C36H56N4O5/c1-6-20(2)28(30(42)33(44)37-25-10-11-25)39-32(43)29-26-9-7-8-24(26)19-40(29)34(45)31(35(3,4)5)38-27(41)18-36-15-21-12-22(16-36)14-23(13-21)17-36/h20-26,28-29,31H,6-19H2,1-5H3,(H,37,44)(H,38,41)(H,39,43)/t20?,21?,22?,23?,24-,26-,28-,29-,31+,36?/m0/s1. The molecule has 4 bridgehead atoms. The van der Waals surface area contributed by atoms with E-state index in [1.165, 1.54) is 19.3 Å². The molecular weight excluding hydrogens is 568 g/mol. The fraction of sp³-hybridized carbons (Fsp3) is 0.861. The maximum atomic E-state index is 14.5. The number of carbonyl (C=O) groups excluding carboxylic acids is 5. The normalized spacial score (nSPS) is 35.4. The lowest BCUT2D eigenvalue weighted by Crippen LogP contribution is -2.61. The summed E-state index contributed by atoms with van der Waals surface area (Å²) in [5, 5.41) is 8.92. The van der Waals surface area contributed by atoms with Gasteiger partial charge in [0.05, 0.1) is 6.04 Å². The van der Waals surface area contributed by atoms with Crippen molar-refractivity contribution in [2.45, 2.75) is 142 Å². The fourth-order valence-corrected chi connectivity index (χ4v) is 10.3. The number of hydrogen-bond donors (Lipinski definition) is 3. The van der Waals surface area contributed by atoms with Crippen LogP contribution in [0, 0.1) is 46.3 Å². The first-order valence-electron chi connectivity index (χ1n) is 18.0. The van der Waals surface area contributed by atoms with E-state index in [2.05, 4.69) is 16.0 Å². The summed E-state index contributed by atoms with van der Waals surface area (Å²) in [6.45, 7) is 10.2. The maximum absolute atomic E-state index is 14.5. The predicted molar refractivity (Wildman–Crippen MR) is 170 cm³/mol. The van der Waals surface area contributed by atoms with Crippen molar-refractivity contribution in [1.82, 2.24) is 20.9 Å². The van der Waals surface area contributed by atoms with E-state index in [-0.39, 0.29) is 46.9 Å². The Labute approximate surface area is 269 Å². The van der Waals surface area contributed by atoms with Crippen molar-refractivity contribution in [2.24, 2.45) is 46.3 Å². The third-order valence-electron chi connectivity index (χ3n) is 12.5. The Kier molecular flexibility index (Phi) is 8.88. The van der Waals surface area contributed by atoms with E-state index < -0.39 is 35.2 Å². The maximum Gasteiger partial charge on any atom is 0.289 e. The number of ketones is 1. The van der Waals surface area contributed by atoms with Crippen LogP contribution in [0.2, 0.25) is 0 Å². The molecule has 0 aromatic carbocycles. The molecule has 0 aromatic heterocycles. The van der Waals surface area contributed by atoms with Crippen molar-refractivity contribution in [2.75, 3.05) is 6.54 Å². The zero-order chi connectivity index (χ0) is 32.3. The van der Waals surface area contributed by atoms with E-state index in [1.54, 1.807) is 4.90 Å². The number of rotatable bonds is 11. The lowest BCUT2D eigenvalue weighted by molar-refractivity contribution is -0.147. The minimum atomic E-state index is -0.947. The van der Waals surface area contributed by atoms with Crippen LogP contribution in [0.25, 0.3) is 0 Å². The van der Waals surface area contributed by atoms with E-state index in [0.717, 1.165) is 69.1 Å². The summed E-state index contributed by atoms with van der Waals surface area (Å²) in [7, 11) is 0. The summed E-state index contributed by atoms with van der Waals surface area (Å²) in [5.41, 5.74) is -0.482. The molecule has 3 N–H and O–H groups in total. The first-order valence-corrected chi connectivity index (χ1v) is 18.0. The van der Waals surface area contributed by atoms with Crippen LogP contribution in [0.15, 0.2) is 0 Å². The highest BCUT2D eigenvalue weighted by Crippen LogP contribution is 2.61. The van der Waals surface area contributed by atoms with Gasteiger partial charge in [0.2, 0.25) is 23.5 Å². The molecule has 1 unspecified atom stereocenters. The zero-order valence-electron chi connectivity index (χ0n) is 28.2. The molecule has 1 aliphatic heterocycles. The molecule has 1 heterocycles. The van der Waals surface area contributed by atoms with Crippen molar-refractivity contribution >= 4 is 29.4 Å². The number of Topliss-reactive ketones (excluding diaryl/α,β-unsaturated/α-hetero) is 1. The molecule has 7 aliphatic rings. The first kappa shape index (κ1) is 32.5. The van der Waals surface area contributed by atoms with Crippen LogP contribution >= 0.6 is 0 Å². The Hall–Kier alpha value is -2.45. The molecule has 250 valence electrons. The smallest absolute Gasteiger partial charge is 0.289 e. The first-order chi connectivity index (χ1) is 21.3. The molecule has 7 rings (SSSR count). The molecule has 1 saturated heterocycles. The van der Waals surface area contributed by atoms with E-state index in [9.17, 15) is 24.0 Å². The third-order valence-corrected chi connectivity index (χ3v) is 12.5. The van der Waals surface area contributed by atoms with Gasteiger partial charge in [0.15, 0.2) is 0 Å². The van der Waals surface area contributed by atoms with Gasteiger partial charge >= 0.3 is 0 Å². The predicted octanol–water partition coefficient (Wildman–Crippen LogP) is 4.13. The van der Waals surface area contributed by atoms with Gasteiger partial charge in [0.1, 0.15) is 12.1 Å². The molecule has 0 spiro atoms. The number of hydrogen-bond acceptors (Lipinski definition) is 5. The largest absolute Gasteiger partial charge is 0.347 e. The Morgan fingerprint density at radius 3 is 2.07 bits per heavy atom. The van der Waals surface area contributed by atoms with Crippen LogP contribution < -0.4 is 16.0 Å². The van der Waals surface area contributed by atoms with Crippen LogP contribution in [0.5, 0.6) is 0 Å². The van der Waals surface area contributed by atoms with Crippen molar-refractivity contribution in [1.29, 1.82) is 0 Å². The summed E-state index contributed by atoms with van der Waals surface area (Å²) >= 11 is 0. The number of likely N-dealkylation sites (tertiary alicyclic amines) is 1. The molecule has 4 amide bonds. The average molecular weight is 625 g/mol. The van der Waals surface area contributed by atoms with E-state index >= 15 is 0 Å². The quantitative estimate of drug-likeness (QED) is 0.298. The van der Waals surface area contributed by atoms with Gasteiger partial charge in [-0.2, -0.15) is 0 Å². The molecular formula is C36H56N4O5. The molecule has 9 nitrogen and oxygen atoms in total. The molecule has 9 heteroatoms. The molecule has 0 aromatic rings. The van der Waals surface area contributed by atoms with Crippen LogP contribution in [0.3, 0.4) is 0 Å². The molecule has 6 saturated carbocycles. The van der Waals surface area contributed by atoms with E-state index in [0.29, 0.717) is 19.4 Å². The number of nitrogens with zero attached hydrogens (tertiary/aromatic N) is 1. The second-order valence-corrected chi connectivity index (χ2v) is 17.2. The Balaban J connectivity index is 1.18. The topological polar surface area (TPSA) is 125 Å². The minimum absolute atomic E-state index is 0.00488. The SMILES string of the molecule is CCC(C)[C@H](NC(=O)[C@@H]1[C@H]2CCC[C@H]2CN1C(=O)[C@@H](NC(=O)CC12CC3CC(CC(C3)C1)C2)C(C)(C)C)C(=O)C(=O)NC1CC1.